The Bertz CT molecular complexity index is 510. The van der Waals surface area contributed by atoms with Crippen molar-refractivity contribution < 1.29 is 13.9 Å². The summed E-state index contributed by atoms with van der Waals surface area (Å²) in [5, 5.41) is 2.74. The number of carbonyl (C=O) groups is 1. The van der Waals surface area contributed by atoms with E-state index in [-0.39, 0.29) is 5.91 Å². The fourth-order valence-electron chi connectivity index (χ4n) is 1.40. The lowest BCUT2D eigenvalue weighted by molar-refractivity contribution is 0.0945. The number of furan rings is 1. The summed E-state index contributed by atoms with van der Waals surface area (Å²) in [6.07, 6.45) is 1.46. The molecule has 0 spiro atoms. The predicted octanol–water partition coefficient (Wildman–Crippen LogP) is 2.85. The number of hydrogen-bond acceptors (Lipinski definition) is 3. The Morgan fingerprint density at radius 2 is 2.06 bits per heavy atom. The van der Waals surface area contributed by atoms with Gasteiger partial charge in [0.25, 0.3) is 5.91 Å². The number of ether oxygens (including phenoxy) is 1. The van der Waals surface area contributed by atoms with Crippen molar-refractivity contribution in [3.8, 4) is 5.75 Å². The van der Waals surface area contributed by atoms with E-state index in [0.717, 1.165) is 5.75 Å². The number of rotatable bonds is 5. The Labute approximate surface area is 113 Å². The lowest BCUT2D eigenvalue weighted by Crippen LogP contribution is -2.27. The summed E-state index contributed by atoms with van der Waals surface area (Å²) < 4.78 is 10.9. The second-order valence-electron chi connectivity index (χ2n) is 3.53. The molecule has 1 heterocycles. The third-order valence-electron chi connectivity index (χ3n) is 2.26. The first-order chi connectivity index (χ1) is 8.77. The minimum atomic E-state index is -0.188. The molecule has 0 radical (unpaired) electrons. The number of hydrogen-bond donors (Lipinski definition) is 1. The Morgan fingerprint density at radius 3 is 2.72 bits per heavy atom. The highest BCUT2D eigenvalue weighted by molar-refractivity contribution is 9.10. The van der Waals surface area contributed by atoms with Gasteiger partial charge < -0.3 is 14.5 Å². The van der Waals surface area contributed by atoms with Crippen LogP contribution in [0, 0.1) is 0 Å². The van der Waals surface area contributed by atoms with Crippen LogP contribution in [0.2, 0.25) is 0 Å². The molecule has 2 rings (SSSR count). The van der Waals surface area contributed by atoms with Crippen molar-refractivity contribution in [2.24, 2.45) is 0 Å². The van der Waals surface area contributed by atoms with Gasteiger partial charge in [0.2, 0.25) is 0 Å². The number of carbonyl (C=O) groups excluding carboxylic acids is 1. The molecule has 0 unspecified atom stereocenters. The van der Waals surface area contributed by atoms with E-state index in [1.165, 1.54) is 6.26 Å². The molecule has 0 aliphatic carbocycles. The van der Waals surface area contributed by atoms with Crippen LogP contribution in [0.1, 0.15) is 10.4 Å². The molecule has 0 saturated heterocycles. The molecule has 0 bridgehead atoms. The van der Waals surface area contributed by atoms with Crippen LogP contribution in [-0.4, -0.2) is 19.1 Å². The molecule has 0 aliphatic rings. The molecule has 1 aromatic heterocycles. The first kappa shape index (κ1) is 12.7. The van der Waals surface area contributed by atoms with Crippen LogP contribution in [0.25, 0.3) is 0 Å². The molecule has 94 valence electrons. The maximum Gasteiger partial charge on any atom is 0.255 e. The van der Waals surface area contributed by atoms with Crippen LogP contribution in [-0.2, 0) is 0 Å². The monoisotopic (exact) mass is 309 g/mol. The van der Waals surface area contributed by atoms with Gasteiger partial charge in [0, 0.05) is 0 Å². The van der Waals surface area contributed by atoms with Gasteiger partial charge in [-0.15, -0.1) is 0 Å². The van der Waals surface area contributed by atoms with E-state index >= 15 is 0 Å². The fraction of sp³-hybridized carbons (Fsp3) is 0.154. The number of amides is 1. The van der Waals surface area contributed by atoms with Crippen molar-refractivity contribution in [3.05, 3.63) is 52.9 Å². The highest BCUT2D eigenvalue weighted by Crippen LogP contribution is 2.16. The Hall–Kier alpha value is -1.75. The van der Waals surface area contributed by atoms with Crippen LogP contribution in [0.3, 0.4) is 0 Å². The topological polar surface area (TPSA) is 51.5 Å². The van der Waals surface area contributed by atoms with E-state index in [2.05, 4.69) is 21.2 Å². The molecule has 2 aromatic rings. The lowest BCUT2D eigenvalue weighted by atomic mass is 10.3. The van der Waals surface area contributed by atoms with Crippen molar-refractivity contribution >= 4 is 21.8 Å². The van der Waals surface area contributed by atoms with Gasteiger partial charge in [-0.25, -0.2) is 0 Å². The van der Waals surface area contributed by atoms with Crippen LogP contribution in [0.5, 0.6) is 5.75 Å². The SMILES string of the molecule is O=C(NCCOc1ccccc1)c1ccoc1Br. The Morgan fingerprint density at radius 1 is 1.28 bits per heavy atom. The molecule has 5 heteroatoms. The van der Waals surface area contributed by atoms with Gasteiger partial charge in [-0.05, 0) is 34.1 Å². The molecule has 18 heavy (non-hydrogen) atoms. The summed E-state index contributed by atoms with van der Waals surface area (Å²) >= 11 is 3.15. The van der Waals surface area contributed by atoms with Crippen LogP contribution in [0.15, 0.2) is 51.7 Å². The average Bonchev–Trinajstić information content (AvgIpc) is 2.82. The minimum Gasteiger partial charge on any atom is -0.492 e. The van der Waals surface area contributed by atoms with Crippen molar-refractivity contribution in [2.45, 2.75) is 0 Å². The number of benzene rings is 1. The van der Waals surface area contributed by atoms with E-state index in [9.17, 15) is 4.79 Å². The van der Waals surface area contributed by atoms with Crippen LogP contribution >= 0.6 is 15.9 Å². The molecule has 4 nitrogen and oxygen atoms in total. The van der Waals surface area contributed by atoms with E-state index in [0.29, 0.717) is 23.4 Å². The predicted molar refractivity (Wildman–Crippen MR) is 70.7 cm³/mol. The van der Waals surface area contributed by atoms with E-state index < -0.39 is 0 Å². The first-order valence-corrected chi connectivity index (χ1v) is 6.25. The largest absolute Gasteiger partial charge is 0.492 e. The molecule has 1 N–H and O–H groups in total. The maximum atomic E-state index is 11.7. The molecular formula is C13H12BrNO3. The fourth-order valence-corrected chi connectivity index (χ4v) is 1.82. The second kappa shape index (κ2) is 6.26. The number of nitrogens with one attached hydrogen (secondary N) is 1. The van der Waals surface area contributed by atoms with Gasteiger partial charge in [0.1, 0.15) is 12.4 Å². The zero-order chi connectivity index (χ0) is 12.8. The van der Waals surface area contributed by atoms with Gasteiger partial charge in [-0.3, -0.25) is 4.79 Å². The minimum absolute atomic E-state index is 0.188. The van der Waals surface area contributed by atoms with E-state index in [1.807, 2.05) is 30.3 Å². The highest BCUT2D eigenvalue weighted by atomic mass is 79.9. The maximum absolute atomic E-state index is 11.7. The molecule has 1 aromatic carbocycles. The first-order valence-electron chi connectivity index (χ1n) is 5.46. The normalized spacial score (nSPS) is 10.1. The van der Waals surface area contributed by atoms with Crippen LogP contribution < -0.4 is 10.1 Å². The Balaban J connectivity index is 1.73. The Kier molecular flexibility index (Phi) is 4.41. The summed E-state index contributed by atoms with van der Waals surface area (Å²) in [5.74, 6) is 0.600. The summed E-state index contributed by atoms with van der Waals surface area (Å²) in [6, 6.07) is 11.1. The van der Waals surface area contributed by atoms with Gasteiger partial charge >= 0.3 is 0 Å². The molecule has 0 fully saturated rings. The quantitative estimate of drug-likeness (QED) is 0.864. The summed E-state index contributed by atoms with van der Waals surface area (Å²) in [5.41, 5.74) is 0.481. The van der Waals surface area contributed by atoms with E-state index in [1.54, 1.807) is 6.07 Å². The summed E-state index contributed by atoms with van der Waals surface area (Å²) in [7, 11) is 0. The van der Waals surface area contributed by atoms with E-state index in [4.69, 9.17) is 9.15 Å². The van der Waals surface area contributed by atoms with Crippen molar-refractivity contribution in [1.82, 2.24) is 5.32 Å². The summed E-state index contributed by atoms with van der Waals surface area (Å²) in [4.78, 5) is 11.7. The molecule has 0 aliphatic heterocycles. The summed E-state index contributed by atoms with van der Waals surface area (Å²) in [6.45, 7) is 0.858. The number of halogens is 1. The lowest BCUT2D eigenvalue weighted by Gasteiger charge is -2.06. The van der Waals surface area contributed by atoms with Crippen LogP contribution in [0.4, 0.5) is 0 Å². The van der Waals surface area contributed by atoms with Gasteiger partial charge in [0.05, 0.1) is 18.4 Å². The molecule has 0 atom stereocenters. The smallest absolute Gasteiger partial charge is 0.255 e. The number of para-hydroxylation sites is 1. The van der Waals surface area contributed by atoms with Crippen molar-refractivity contribution in [2.75, 3.05) is 13.2 Å². The highest BCUT2D eigenvalue weighted by Gasteiger charge is 2.11. The average molecular weight is 310 g/mol. The van der Waals surface area contributed by atoms with Gasteiger partial charge in [-0.2, -0.15) is 0 Å². The zero-order valence-electron chi connectivity index (χ0n) is 9.56. The standard InChI is InChI=1S/C13H12BrNO3/c14-12-11(6-8-18-12)13(16)15-7-9-17-10-4-2-1-3-5-10/h1-6,8H,7,9H2,(H,15,16). The zero-order valence-corrected chi connectivity index (χ0v) is 11.1. The molecular weight excluding hydrogens is 298 g/mol. The van der Waals surface area contributed by atoms with Gasteiger partial charge in [0.15, 0.2) is 4.67 Å². The third kappa shape index (κ3) is 3.37. The van der Waals surface area contributed by atoms with Crippen molar-refractivity contribution in [1.29, 1.82) is 0 Å². The third-order valence-corrected chi connectivity index (χ3v) is 2.88. The molecule has 0 saturated carbocycles. The second-order valence-corrected chi connectivity index (χ2v) is 4.25. The van der Waals surface area contributed by atoms with Gasteiger partial charge in [-0.1, -0.05) is 18.2 Å². The van der Waals surface area contributed by atoms with Crippen molar-refractivity contribution in [3.63, 3.8) is 0 Å². The molecule has 1 amide bonds.